The lowest BCUT2D eigenvalue weighted by Crippen LogP contribution is -2.54. The van der Waals surface area contributed by atoms with Crippen LogP contribution in [0.1, 0.15) is 80.6 Å². The largest absolute Gasteiger partial charge is 0.458 e. The first-order chi connectivity index (χ1) is 39.6. The first kappa shape index (κ1) is 85.7. The van der Waals surface area contributed by atoms with E-state index >= 15 is 0 Å². The molecule has 0 aliphatic heterocycles. The summed E-state index contributed by atoms with van der Waals surface area (Å²) in [5.41, 5.74) is -1.24. The van der Waals surface area contributed by atoms with Crippen molar-refractivity contribution in [3.8, 4) is 0 Å². The van der Waals surface area contributed by atoms with Crippen LogP contribution in [-0.4, -0.2) is 159 Å². The Bertz CT molecular complexity index is 2470. The van der Waals surface area contributed by atoms with E-state index in [4.69, 9.17) is 4.74 Å². The molecule has 0 bridgehead atoms. The maximum atomic E-state index is 13.2. The smallest absolute Gasteiger partial charge is 0.450 e. The van der Waals surface area contributed by atoms with Crippen molar-refractivity contribution in [2.75, 3.05) is 6.61 Å². The van der Waals surface area contributed by atoms with Gasteiger partial charge in [-0.25, -0.2) is 43.2 Å². The van der Waals surface area contributed by atoms with E-state index in [0.717, 1.165) is 40.0 Å². The molecule has 18 nitrogen and oxygen atoms in total. The summed E-state index contributed by atoms with van der Waals surface area (Å²) in [6, 6.07) is 0. The molecule has 0 aromatic heterocycles. The summed E-state index contributed by atoms with van der Waals surface area (Å²) in [7, 11) is 0. The molecular formula is C47H50F24O18. The molecule has 0 amide bonds. The molecule has 42 heteroatoms. The van der Waals surface area contributed by atoms with Crippen molar-refractivity contribution < 1.29 is 191 Å². The van der Waals surface area contributed by atoms with Crippen molar-refractivity contribution in [2.45, 2.75) is 179 Å². The van der Waals surface area contributed by atoms with Gasteiger partial charge in [0.2, 0.25) is 6.10 Å². The Hall–Kier alpha value is -7.49. The summed E-state index contributed by atoms with van der Waals surface area (Å²) >= 11 is 0. The Balaban J connectivity index is -0.00000113. The standard InChI is InChI=1S/C15H21F3O4.C13H11F9O6.C11H10F8O4.C8H8F4O4/c1-9(2)13(19)22-12(11-7-5-4-6-8-11)14(20)21-10(3)15(16,17)18;1-4(2)7(23)27-6(8(24)26-5(3)11(14,15)16)9(25)28-10(12(17,18)19)13(20,21)22;1-4(2)7(20)23-6(9(12,13)11(17,18)19)8(21)22-5(3)10(14,15)16;1-4(2)6(14)15-3-5(13)16-7(9)8(10,11)12/h10-12H,1,4-8H2,2-3H3;5-6,10H,1H2,2-3H3;5-6H,1H2,2-3H3;7H,1,3H2,2H3. The summed E-state index contributed by atoms with van der Waals surface area (Å²) in [5, 5.41) is 0. The molecule has 7 atom stereocenters. The lowest BCUT2D eigenvalue weighted by atomic mass is 9.85. The van der Waals surface area contributed by atoms with Gasteiger partial charge in [0, 0.05) is 28.2 Å². The van der Waals surface area contributed by atoms with Crippen molar-refractivity contribution in [3.63, 3.8) is 0 Å². The first-order valence-electron chi connectivity index (χ1n) is 23.5. The molecule has 0 radical (unpaired) electrons. The number of alkyl halides is 24. The third-order valence-corrected chi connectivity index (χ3v) is 9.64. The number of hydrogen-bond donors (Lipinski definition) is 0. The van der Waals surface area contributed by atoms with Crippen molar-refractivity contribution >= 4 is 53.7 Å². The molecular weight excluding hydrogens is 1310 g/mol. The minimum Gasteiger partial charge on any atom is -0.450 e. The molecule has 1 saturated carbocycles. The molecule has 1 aliphatic rings. The topological polar surface area (TPSA) is 237 Å². The maximum absolute atomic E-state index is 13.2. The predicted molar refractivity (Wildman–Crippen MR) is 241 cm³/mol. The lowest BCUT2D eigenvalue weighted by Gasteiger charge is -2.29. The zero-order valence-electron chi connectivity index (χ0n) is 46.2. The SMILES string of the molecule is C=C(C)C(=O)OC(C(=O)OC(C)C(F)(F)F)C(=O)OC(C(F)(F)F)C(F)(F)F.C=C(C)C(=O)OC(C(=O)OC(C)C(F)(F)F)C(F)(F)C(F)(F)F.C=C(C)C(=O)OC(C(=O)OC(C)C(F)(F)F)C1CCCCC1.C=C(C)C(=O)OCC(=O)OC(F)C(F)(F)F. The molecule has 0 aromatic carbocycles. The monoisotopic (exact) mass is 1360 g/mol. The zero-order valence-corrected chi connectivity index (χ0v) is 46.2. The van der Waals surface area contributed by atoms with Crippen LogP contribution in [0.3, 0.4) is 0 Å². The first-order valence-corrected chi connectivity index (χ1v) is 23.5. The van der Waals surface area contributed by atoms with Crippen LogP contribution in [0.4, 0.5) is 105 Å². The summed E-state index contributed by atoms with van der Waals surface area (Å²) in [6.45, 7) is 16.9. The van der Waals surface area contributed by atoms with Crippen LogP contribution in [-0.2, 0) is 85.8 Å². The number of carbonyl (C=O) groups is 9. The molecule has 0 N–H and O–H groups in total. The third-order valence-electron chi connectivity index (χ3n) is 9.64. The van der Waals surface area contributed by atoms with Gasteiger partial charge in [-0.2, -0.15) is 105 Å². The minimum atomic E-state index is -6.38. The number of hydrogen-bond acceptors (Lipinski definition) is 18. The van der Waals surface area contributed by atoms with Crippen LogP contribution in [0, 0.1) is 5.92 Å². The van der Waals surface area contributed by atoms with Gasteiger partial charge < -0.3 is 42.6 Å². The van der Waals surface area contributed by atoms with E-state index in [1.54, 1.807) is 0 Å². The van der Waals surface area contributed by atoms with Gasteiger partial charge in [-0.05, 0) is 61.3 Å². The van der Waals surface area contributed by atoms with Gasteiger partial charge >= 0.3 is 109 Å². The van der Waals surface area contributed by atoms with Gasteiger partial charge in [0.15, 0.2) is 24.9 Å². The highest BCUT2D eigenvalue weighted by Crippen LogP contribution is 2.41. The molecule has 0 heterocycles. The lowest BCUT2D eigenvalue weighted by molar-refractivity contribution is -0.315. The van der Waals surface area contributed by atoms with E-state index in [-0.39, 0.29) is 30.9 Å². The van der Waals surface area contributed by atoms with Crippen molar-refractivity contribution in [2.24, 2.45) is 5.92 Å². The van der Waals surface area contributed by atoms with Crippen LogP contribution in [0.15, 0.2) is 48.6 Å². The van der Waals surface area contributed by atoms with Gasteiger partial charge in [-0.15, -0.1) is 0 Å². The van der Waals surface area contributed by atoms with Crippen LogP contribution < -0.4 is 0 Å². The zero-order chi connectivity index (χ0) is 71.3. The van der Waals surface area contributed by atoms with E-state index in [1.807, 2.05) is 0 Å². The molecule has 0 spiro atoms. The predicted octanol–water partition coefficient (Wildman–Crippen LogP) is 11.2. The molecule has 1 fully saturated rings. The Morgan fingerprint density at radius 3 is 1.08 bits per heavy atom. The number of esters is 9. The van der Waals surface area contributed by atoms with Gasteiger partial charge in [-0.1, -0.05) is 45.6 Å². The van der Waals surface area contributed by atoms with E-state index in [9.17, 15) is 149 Å². The van der Waals surface area contributed by atoms with Crippen molar-refractivity contribution in [3.05, 3.63) is 48.6 Å². The van der Waals surface area contributed by atoms with E-state index in [0.29, 0.717) is 12.8 Å². The normalized spacial score (nSPS) is 15.7. The van der Waals surface area contributed by atoms with E-state index < -0.39 is 170 Å². The molecule has 1 rings (SSSR count). The number of ether oxygens (including phenoxy) is 9. The van der Waals surface area contributed by atoms with Gasteiger partial charge in [0.25, 0.3) is 18.3 Å². The maximum Gasteiger partial charge on any atom is 0.458 e. The van der Waals surface area contributed by atoms with Gasteiger partial charge in [0.1, 0.15) is 0 Å². The van der Waals surface area contributed by atoms with Crippen LogP contribution in [0.2, 0.25) is 0 Å². The summed E-state index contributed by atoms with van der Waals surface area (Å²) in [4.78, 5) is 102. The molecule has 89 heavy (non-hydrogen) atoms. The Labute approximate surface area is 484 Å². The highest BCUT2D eigenvalue weighted by molar-refractivity contribution is 6.01. The average molecular weight is 1360 g/mol. The summed E-state index contributed by atoms with van der Waals surface area (Å²) < 4.78 is 331. The Morgan fingerprint density at radius 1 is 0.404 bits per heavy atom. The van der Waals surface area contributed by atoms with Gasteiger partial charge in [-0.3, -0.25) is 0 Å². The van der Waals surface area contributed by atoms with Crippen molar-refractivity contribution in [1.29, 1.82) is 0 Å². The van der Waals surface area contributed by atoms with Crippen LogP contribution in [0.25, 0.3) is 0 Å². The molecule has 0 saturated heterocycles. The molecule has 1 aliphatic carbocycles. The quantitative estimate of drug-likeness (QED) is 0.0362. The van der Waals surface area contributed by atoms with Crippen LogP contribution >= 0.6 is 0 Å². The fraction of sp³-hybridized carbons (Fsp3) is 0.638. The minimum absolute atomic E-state index is 0.0552. The highest BCUT2D eigenvalue weighted by Gasteiger charge is 2.68. The molecule has 514 valence electrons. The van der Waals surface area contributed by atoms with E-state index in [2.05, 4.69) is 64.2 Å². The Morgan fingerprint density at radius 2 is 0.742 bits per heavy atom. The highest BCUT2D eigenvalue weighted by atomic mass is 19.4. The molecule has 7 unspecified atom stereocenters. The van der Waals surface area contributed by atoms with Gasteiger partial charge in [0.05, 0.1) is 0 Å². The number of halogens is 24. The fourth-order valence-electron chi connectivity index (χ4n) is 4.89. The summed E-state index contributed by atoms with van der Waals surface area (Å²) in [6.07, 6.45) is -60.5. The molecule has 0 aromatic rings. The number of carbonyl (C=O) groups excluding carboxylic acids is 9. The second kappa shape index (κ2) is 34.5. The summed E-state index contributed by atoms with van der Waals surface area (Å²) in [5.74, 6) is -22.3. The van der Waals surface area contributed by atoms with E-state index in [1.165, 1.54) is 13.8 Å². The number of rotatable bonds is 20. The fourth-order valence-corrected chi connectivity index (χ4v) is 4.89. The van der Waals surface area contributed by atoms with Crippen LogP contribution in [0.5, 0.6) is 0 Å². The third kappa shape index (κ3) is 32.0. The van der Waals surface area contributed by atoms with Crippen molar-refractivity contribution in [1.82, 2.24) is 0 Å². The second-order valence-corrected chi connectivity index (χ2v) is 17.7. The second-order valence-electron chi connectivity index (χ2n) is 17.7. The average Bonchev–Trinajstić information content (AvgIpc) is 1.41. The Kier molecular flexibility index (Phi) is 33.2.